The van der Waals surface area contributed by atoms with Crippen LogP contribution in [0, 0.1) is 0 Å². The van der Waals surface area contributed by atoms with Gasteiger partial charge in [0, 0.05) is 31.3 Å². The molecule has 0 aromatic carbocycles. The molecule has 3 rings (SSSR count). The lowest BCUT2D eigenvalue weighted by Crippen LogP contribution is -2.30. The number of anilines is 1. The number of hydrogen-bond acceptors (Lipinski definition) is 3. The molecule has 0 aliphatic carbocycles. The Bertz CT molecular complexity index is 1020. The van der Waals surface area contributed by atoms with Crippen LogP contribution in [0.2, 0.25) is 0 Å². The summed E-state index contributed by atoms with van der Waals surface area (Å²) in [6, 6.07) is 2.49. The second-order valence-corrected chi connectivity index (χ2v) is 6.66. The Hall–Kier alpha value is -3.10. The largest absolute Gasteiger partial charge is 0.494 e. The number of H-pyrrole nitrogens is 1. The number of methoxy groups -OCH3 is 1. The number of nitrogens with zero attached hydrogens (tertiary/aromatic N) is 2. The van der Waals surface area contributed by atoms with Crippen molar-refractivity contribution in [3.63, 3.8) is 0 Å². The lowest BCUT2D eigenvalue weighted by atomic mass is 10.1. The van der Waals surface area contributed by atoms with Crippen LogP contribution in [0.25, 0.3) is 5.57 Å². The quantitative estimate of drug-likeness (QED) is 0.491. The third-order valence-electron chi connectivity index (χ3n) is 4.86. The lowest BCUT2D eigenvalue weighted by Gasteiger charge is -2.30. The van der Waals surface area contributed by atoms with Crippen molar-refractivity contribution in [3.8, 4) is 5.75 Å². The van der Waals surface area contributed by atoms with Crippen LogP contribution >= 0.6 is 0 Å². The minimum Gasteiger partial charge on any atom is -0.494 e. The predicted molar refractivity (Wildman–Crippen MR) is 104 cm³/mol. The normalized spacial score (nSPS) is 15.6. The molecule has 9 heteroatoms. The summed E-state index contributed by atoms with van der Waals surface area (Å²) >= 11 is 0. The van der Waals surface area contributed by atoms with Crippen LogP contribution in [-0.4, -0.2) is 23.6 Å². The van der Waals surface area contributed by atoms with Gasteiger partial charge < -0.3 is 14.6 Å². The number of pyridine rings is 1. The van der Waals surface area contributed by atoms with Crippen molar-refractivity contribution < 1.29 is 26.7 Å². The van der Waals surface area contributed by atoms with E-state index in [2.05, 4.69) is 16.5 Å². The van der Waals surface area contributed by atoms with Gasteiger partial charge in [-0.3, -0.25) is 0 Å². The van der Waals surface area contributed by atoms with Gasteiger partial charge in [0.15, 0.2) is 0 Å². The predicted octanol–water partition coefficient (Wildman–Crippen LogP) is 5.74. The fourth-order valence-electron chi connectivity index (χ4n) is 3.38. The zero-order valence-electron chi connectivity index (χ0n) is 16.4. The van der Waals surface area contributed by atoms with Crippen molar-refractivity contribution in [2.45, 2.75) is 26.1 Å². The molecule has 0 fully saturated rings. The van der Waals surface area contributed by atoms with E-state index in [0.29, 0.717) is 25.2 Å². The fraction of sp³-hybridized carbons (Fsp3) is 0.286. The van der Waals surface area contributed by atoms with Gasteiger partial charge in [-0.25, -0.2) is 13.8 Å². The second kappa shape index (κ2) is 8.33. The van der Waals surface area contributed by atoms with Gasteiger partial charge in [0.05, 0.1) is 30.3 Å². The van der Waals surface area contributed by atoms with Crippen molar-refractivity contribution in [1.82, 2.24) is 9.97 Å². The molecule has 0 amide bonds. The number of aromatic nitrogens is 2. The number of ether oxygens (including phenoxy) is 1. The number of nitrogens with one attached hydrogen (secondary N) is 1. The molecular formula is C21H20F5N3O. The van der Waals surface area contributed by atoms with Crippen molar-refractivity contribution in [3.05, 3.63) is 71.4 Å². The minimum absolute atomic E-state index is 0.0507. The Balaban J connectivity index is 1.95. The number of rotatable bonds is 5. The molecule has 1 aliphatic rings. The fourth-order valence-corrected chi connectivity index (χ4v) is 3.38. The van der Waals surface area contributed by atoms with Gasteiger partial charge in [-0.2, -0.15) is 13.2 Å². The lowest BCUT2D eigenvalue weighted by molar-refractivity contribution is -0.141. The van der Waals surface area contributed by atoms with Gasteiger partial charge in [-0.15, -0.1) is 0 Å². The molecule has 0 saturated heterocycles. The molecule has 30 heavy (non-hydrogen) atoms. The van der Waals surface area contributed by atoms with E-state index in [1.807, 2.05) is 4.90 Å². The summed E-state index contributed by atoms with van der Waals surface area (Å²) in [6.45, 7) is 5.59. The van der Waals surface area contributed by atoms with Gasteiger partial charge >= 0.3 is 6.18 Å². The highest BCUT2D eigenvalue weighted by Crippen LogP contribution is 2.37. The van der Waals surface area contributed by atoms with E-state index in [1.165, 1.54) is 14.0 Å². The average Bonchev–Trinajstić information content (AvgIpc) is 3.14. The average molecular weight is 425 g/mol. The molecule has 0 saturated carbocycles. The van der Waals surface area contributed by atoms with Gasteiger partial charge in [-0.1, -0.05) is 12.7 Å². The highest BCUT2D eigenvalue weighted by Gasteiger charge is 2.34. The molecule has 0 atom stereocenters. The maximum atomic E-state index is 14.2. The summed E-state index contributed by atoms with van der Waals surface area (Å²) in [4.78, 5) is 8.37. The molecule has 3 heterocycles. The van der Waals surface area contributed by atoms with Crippen LogP contribution in [0.3, 0.4) is 0 Å². The molecular weight excluding hydrogens is 405 g/mol. The Kier molecular flexibility index (Phi) is 6.00. The molecule has 1 N–H and O–H groups in total. The highest BCUT2D eigenvalue weighted by atomic mass is 19.4. The van der Waals surface area contributed by atoms with Crippen LogP contribution in [0.4, 0.5) is 27.6 Å². The second-order valence-electron chi connectivity index (χ2n) is 6.66. The maximum Gasteiger partial charge on any atom is 0.433 e. The number of fused-ring (bicyclic) bond motifs is 1. The van der Waals surface area contributed by atoms with E-state index < -0.39 is 23.5 Å². The number of halogens is 5. The molecule has 2 aromatic rings. The molecule has 4 nitrogen and oxygen atoms in total. The monoisotopic (exact) mass is 425 g/mol. The summed E-state index contributed by atoms with van der Waals surface area (Å²) in [7, 11) is 1.29. The van der Waals surface area contributed by atoms with Crippen molar-refractivity contribution in [2.24, 2.45) is 0 Å². The topological polar surface area (TPSA) is 41.2 Å². The van der Waals surface area contributed by atoms with E-state index in [-0.39, 0.29) is 17.0 Å². The zero-order valence-corrected chi connectivity index (χ0v) is 16.4. The third kappa shape index (κ3) is 4.10. The molecule has 2 aromatic heterocycles. The summed E-state index contributed by atoms with van der Waals surface area (Å²) in [5.74, 6) is -1.47. The standard InChI is InChI=1S/C21H20F5N3O/c1-4-13(22)20(14(23)5-2)16-8-12-11-29(7-6-15(12)28-16)17-10-27-19(21(24,25)26)9-18(17)30-3/h4-5,8-10,28H,1,6-7,11H2,2-3H3/b14-5+,20-13-. The van der Waals surface area contributed by atoms with E-state index in [9.17, 15) is 22.0 Å². The van der Waals surface area contributed by atoms with Gasteiger partial charge in [-0.05, 0) is 24.6 Å². The van der Waals surface area contributed by atoms with Crippen molar-refractivity contribution >= 4 is 11.3 Å². The summed E-state index contributed by atoms with van der Waals surface area (Å²) in [6.07, 6.45) is -0.861. The van der Waals surface area contributed by atoms with Crippen LogP contribution in [-0.2, 0) is 19.1 Å². The smallest absolute Gasteiger partial charge is 0.433 e. The van der Waals surface area contributed by atoms with Crippen molar-refractivity contribution in [1.29, 1.82) is 0 Å². The van der Waals surface area contributed by atoms with Gasteiger partial charge in [0.25, 0.3) is 0 Å². The van der Waals surface area contributed by atoms with Gasteiger partial charge in [0.1, 0.15) is 23.1 Å². The summed E-state index contributed by atoms with van der Waals surface area (Å²) in [5.41, 5.74) is 0.997. The zero-order chi connectivity index (χ0) is 22.1. The first-order chi connectivity index (χ1) is 14.2. The van der Waals surface area contributed by atoms with E-state index in [0.717, 1.165) is 35.7 Å². The van der Waals surface area contributed by atoms with Crippen molar-refractivity contribution in [2.75, 3.05) is 18.6 Å². The molecule has 0 radical (unpaired) electrons. The van der Waals surface area contributed by atoms with Crippen LogP contribution < -0.4 is 9.64 Å². The Morgan fingerprint density at radius 3 is 2.63 bits per heavy atom. The summed E-state index contributed by atoms with van der Waals surface area (Å²) < 4.78 is 72.4. The number of hydrogen-bond donors (Lipinski definition) is 1. The third-order valence-corrected chi connectivity index (χ3v) is 4.86. The van der Waals surface area contributed by atoms with Crippen LogP contribution in [0.1, 0.15) is 29.6 Å². The van der Waals surface area contributed by atoms with E-state index >= 15 is 0 Å². The number of alkyl halides is 3. The molecule has 0 bridgehead atoms. The van der Waals surface area contributed by atoms with E-state index in [1.54, 1.807) is 6.07 Å². The Morgan fingerprint density at radius 2 is 2.03 bits per heavy atom. The van der Waals surface area contributed by atoms with E-state index in [4.69, 9.17) is 4.74 Å². The Labute approximate surface area is 170 Å². The number of allylic oxidation sites excluding steroid dienone is 5. The molecule has 160 valence electrons. The highest BCUT2D eigenvalue weighted by molar-refractivity contribution is 5.79. The first-order valence-electron chi connectivity index (χ1n) is 9.11. The SMILES string of the molecule is C=C/C(F)=C(\C(F)=C/C)c1cc2c([nH]1)CCN(c1cnc(C(F)(F)F)cc1OC)C2. The Morgan fingerprint density at radius 1 is 1.30 bits per heavy atom. The first kappa shape index (κ1) is 21.6. The summed E-state index contributed by atoms with van der Waals surface area (Å²) in [5, 5.41) is 0. The van der Waals surface area contributed by atoms with Crippen LogP contribution in [0.15, 0.2) is 48.7 Å². The molecule has 0 spiro atoms. The first-order valence-corrected chi connectivity index (χ1v) is 9.11. The van der Waals surface area contributed by atoms with Crippen LogP contribution in [0.5, 0.6) is 5.75 Å². The minimum atomic E-state index is -4.58. The number of aromatic amines is 1. The molecule has 0 unspecified atom stereocenters. The van der Waals surface area contributed by atoms with Gasteiger partial charge in [0.2, 0.25) is 0 Å². The molecule has 1 aliphatic heterocycles. The maximum absolute atomic E-state index is 14.2.